The predicted octanol–water partition coefficient (Wildman–Crippen LogP) is 0.306. The second kappa shape index (κ2) is 5.73. The van der Waals surface area contributed by atoms with Crippen LogP contribution >= 0.6 is 9.90 Å². The van der Waals surface area contributed by atoms with E-state index < -0.39 is 0 Å². The molecule has 18 heavy (non-hydrogen) atoms. The molecule has 0 unspecified atom stereocenters. The number of hydrogen-bond acceptors (Lipinski definition) is 4. The van der Waals surface area contributed by atoms with Crippen LogP contribution in [0.5, 0.6) is 0 Å². The molecule has 0 saturated carbocycles. The van der Waals surface area contributed by atoms with E-state index >= 15 is 0 Å². The van der Waals surface area contributed by atoms with Gasteiger partial charge in [0.1, 0.15) is 5.52 Å². The van der Waals surface area contributed by atoms with Gasteiger partial charge in [-0.05, 0) is 22.2 Å². The third kappa shape index (κ3) is 2.73. The van der Waals surface area contributed by atoms with Gasteiger partial charge in [0.25, 0.3) is 0 Å². The van der Waals surface area contributed by atoms with Crippen molar-refractivity contribution < 1.29 is 9.41 Å². The van der Waals surface area contributed by atoms with E-state index in [2.05, 4.69) is 15.3 Å². The van der Waals surface area contributed by atoms with Crippen LogP contribution in [0.3, 0.4) is 0 Å². The molecule has 0 saturated heterocycles. The minimum atomic E-state index is 0. The Hall–Kier alpha value is -1.75. The van der Waals surface area contributed by atoms with E-state index in [1.165, 1.54) is 4.85 Å². The average molecular weight is 266 g/mol. The molecule has 0 aliphatic rings. The van der Waals surface area contributed by atoms with Crippen molar-refractivity contribution in [2.24, 2.45) is 0 Å². The summed E-state index contributed by atoms with van der Waals surface area (Å²) in [4.78, 5) is 13.0. The monoisotopic (exact) mass is 266 g/mol. The fourth-order valence-electron chi connectivity index (χ4n) is 1.45. The van der Waals surface area contributed by atoms with Crippen molar-refractivity contribution in [3.8, 4) is 0 Å². The van der Waals surface area contributed by atoms with Crippen molar-refractivity contribution >= 4 is 27.1 Å². The standard InChI is InChI=1S/C10H15N6O.P/c1-14(2)10(15(3)4)17-16-9-8(12-13-16)6-5-7-11-9;/h5-7H,1-4H3;/q+1;. The highest BCUT2D eigenvalue weighted by molar-refractivity contribution is 6.92. The van der Waals surface area contributed by atoms with E-state index in [1.54, 1.807) is 6.20 Å². The van der Waals surface area contributed by atoms with Crippen molar-refractivity contribution in [3.05, 3.63) is 18.3 Å². The molecule has 0 atom stereocenters. The number of rotatable bonds is 1. The zero-order valence-corrected chi connectivity index (χ0v) is 11.7. The lowest BCUT2D eigenvalue weighted by Crippen LogP contribution is -2.39. The van der Waals surface area contributed by atoms with E-state index in [0.717, 1.165) is 0 Å². The quantitative estimate of drug-likeness (QED) is 0.322. The van der Waals surface area contributed by atoms with Crippen LogP contribution in [0.4, 0.5) is 0 Å². The maximum absolute atomic E-state index is 5.64. The van der Waals surface area contributed by atoms with Crippen molar-refractivity contribution in [3.63, 3.8) is 0 Å². The number of aromatic nitrogens is 4. The Balaban J connectivity index is 0.00000162. The van der Waals surface area contributed by atoms with Crippen LogP contribution in [-0.4, -0.2) is 63.8 Å². The molecule has 2 heterocycles. The van der Waals surface area contributed by atoms with Crippen molar-refractivity contribution in [1.82, 2.24) is 25.0 Å². The number of fused-ring (bicyclic) bond motifs is 1. The number of hydrogen-bond donors (Lipinski definition) is 0. The van der Waals surface area contributed by atoms with Crippen molar-refractivity contribution in [1.29, 1.82) is 0 Å². The Labute approximate surface area is 109 Å². The van der Waals surface area contributed by atoms with Crippen molar-refractivity contribution in [2.45, 2.75) is 0 Å². The van der Waals surface area contributed by atoms with Gasteiger partial charge in [-0.3, -0.25) is 4.84 Å². The molecule has 95 valence electrons. The average Bonchev–Trinajstić information content (AvgIpc) is 2.68. The predicted molar refractivity (Wildman–Crippen MR) is 69.6 cm³/mol. The third-order valence-corrected chi connectivity index (χ3v) is 2.11. The minimum absolute atomic E-state index is 0. The highest BCUT2D eigenvalue weighted by Crippen LogP contribution is 2.04. The summed E-state index contributed by atoms with van der Waals surface area (Å²) in [6.45, 7) is 0. The Bertz CT molecular complexity index is 560. The first kappa shape index (κ1) is 14.3. The van der Waals surface area contributed by atoms with E-state index in [0.29, 0.717) is 17.2 Å². The summed E-state index contributed by atoms with van der Waals surface area (Å²) < 4.78 is 1.84. The van der Waals surface area contributed by atoms with Crippen LogP contribution in [0.15, 0.2) is 18.3 Å². The molecule has 3 radical (unpaired) electrons. The molecule has 0 aliphatic heterocycles. The SMILES string of the molecule is CN(C)C(On1nnc2cccnc21)=[N+](C)C.[P]. The van der Waals surface area contributed by atoms with Crippen LogP contribution in [0.2, 0.25) is 0 Å². The Morgan fingerprint density at radius 2 is 2.11 bits per heavy atom. The molecule has 0 amide bonds. The van der Waals surface area contributed by atoms with Gasteiger partial charge in [0.2, 0.25) is 5.65 Å². The first-order valence-corrected chi connectivity index (χ1v) is 5.16. The van der Waals surface area contributed by atoms with Gasteiger partial charge in [0, 0.05) is 16.1 Å². The molecule has 0 aromatic carbocycles. The largest absolute Gasteiger partial charge is 0.472 e. The molecule has 0 fully saturated rings. The van der Waals surface area contributed by atoms with Gasteiger partial charge >= 0.3 is 6.02 Å². The molecule has 7 nitrogen and oxygen atoms in total. The molecule has 2 aromatic rings. The van der Waals surface area contributed by atoms with Gasteiger partial charge in [-0.15, -0.1) is 5.10 Å². The second-order valence-corrected chi connectivity index (χ2v) is 3.97. The highest BCUT2D eigenvalue weighted by atomic mass is 31.0. The summed E-state index contributed by atoms with van der Waals surface area (Å²) in [5.74, 6) is 0. The zero-order chi connectivity index (χ0) is 12.4. The van der Waals surface area contributed by atoms with Crippen LogP contribution in [0, 0.1) is 0 Å². The van der Waals surface area contributed by atoms with Crippen LogP contribution < -0.4 is 4.84 Å². The first-order chi connectivity index (χ1) is 8.09. The van der Waals surface area contributed by atoms with E-state index in [-0.39, 0.29) is 9.90 Å². The molecule has 0 spiro atoms. The Morgan fingerprint density at radius 1 is 1.39 bits per heavy atom. The van der Waals surface area contributed by atoms with Gasteiger partial charge < -0.3 is 0 Å². The Morgan fingerprint density at radius 3 is 2.72 bits per heavy atom. The maximum Gasteiger partial charge on any atom is 0.472 e. The Kier molecular flexibility index (Phi) is 4.55. The van der Waals surface area contributed by atoms with Gasteiger partial charge in [-0.1, -0.05) is 0 Å². The number of pyridine rings is 1. The lowest BCUT2D eigenvalue weighted by Gasteiger charge is -2.09. The number of amidine groups is 1. The molecule has 2 rings (SSSR count). The molecular formula is C10H15N6OP+. The molecule has 0 bridgehead atoms. The summed E-state index contributed by atoms with van der Waals surface area (Å²) in [6.07, 6.45) is 1.68. The van der Waals surface area contributed by atoms with Gasteiger partial charge in [-0.25, -0.2) is 14.5 Å². The molecule has 8 heteroatoms. The van der Waals surface area contributed by atoms with E-state index in [4.69, 9.17) is 4.84 Å². The van der Waals surface area contributed by atoms with Gasteiger partial charge in [0.05, 0.1) is 28.2 Å². The highest BCUT2D eigenvalue weighted by Gasteiger charge is 2.17. The van der Waals surface area contributed by atoms with E-state index in [1.807, 2.05) is 49.8 Å². The molecule has 0 N–H and O–H groups in total. The van der Waals surface area contributed by atoms with Crippen molar-refractivity contribution in [2.75, 3.05) is 28.2 Å². The zero-order valence-electron chi connectivity index (χ0n) is 10.8. The summed E-state index contributed by atoms with van der Waals surface area (Å²) in [6, 6.07) is 4.28. The van der Waals surface area contributed by atoms with Crippen LogP contribution in [0.1, 0.15) is 0 Å². The summed E-state index contributed by atoms with van der Waals surface area (Å²) in [7, 11) is 7.56. The summed E-state index contributed by atoms with van der Waals surface area (Å²) >= 11 is 0. The summed E-state index contributed by atoms with van der Waals surface area (Å²) in [5.41, 5.74) is 1.29. The topological polar surface area (TPSA) is 59.1 Å². The van der Waals surface area contributed by atoms with Gasteiger partial charge in [-0.2, -0.15) is 0 Å². The third-order valence-electron chi connectivity index (χ3n) is 2.11. The van der Waals surface area contributed by atoms with E-state index in [9.17, 15) is 0 Å². The van der Waals surface area contributed by atoms with Crippen LogP contribution in [-0.2, 0) is 0 Å². The van der Waals surface area contributed by atoms with Gasteiger partial charge in [0.15, 0.2) is 0 Å². The molecular weight excluding hydrogens is 251 g/mol. The first-order valence-electron chi connectivity index (χ1n) is 5.16. The molecule has 2 aromatic heterocycles. The minimum Gasteiger partial charge on any atom is -0.277 e. The second-order valence-electron chi connectivity index (χ2n) is 3.97. The fraction of sp³-hybridized carbons (Fsp3) is 0.400. The lowest BCUT2D eigenvalue weighted by molar-refractivity contribution is -0.480. The number of nitrogens with zero attached hydrogens (tertiary/aromatic N) is 6. The fourth-order valence-corrected chi connectivity index (χ4v) is 1.45. The molecule has 0 aliphatic carbocycles. The maximum atomic E-state index is 5.64. The van der Waals surface area contributed by atoms with Crippen LogP contribution in [0.25, 0.3) is 11.2 Å². The summed E-state index contributed by atoms with van der Waals surface area (Å²) in [5, 5.41) is 7.87. The normalized spacial score (nSPS) is 9.78. The smallest absolute Gasteiger partial charge is 0.277 e. The lowest BCUT2D eigenvalue weighted by atomic mass is 10.4.